The van der Waals surface area contributed by atoms with Gasteiger partial charge in [-0.25, -0.2) is 9.97 Å². The highest BCUT2D eigenvalue weighted by Gasteiger charge is 2.25. The predicted octanol–water partition coefficient (Wildman–Crippen LogP) is 3.61. The highest BCUT2D eigenvalue weighted by atomic mass is 35.5. The molecule has 0 bridgehead atoms. The van der Waals surface area contributed by atoms with E-state index in [-0.39, 0.29) is 5.91 Å². The number of nitrogens with zero attached hydrogens (tertiary/aromatic N) is 3. The van der Waals surface area contributed by atoms with Crippen LogP contribution in [0.4, 0.5) is 5.95 Å². The number of carbonyl (C=O) groups is 1. The Kier molecular flexibility index (Phi) is 6.28. The van der Waals surface area contributed by atoms with Gasteiger partial charge in [0.05, 0.1) is 16.1 Å². The number of anilines is 1. The van der Waals surface area contributed by atoms with Gasteiger partial charge in [-0.1, -0.05) is 17.7 Å². The number of halogens is 1. The summed E-state index contributed by atoms with van der Waals surface area (Å²) >= 11 is 8.06. The van der Waals surface area contributed by atoms with Crippen LogP contribution in [0, 0.1) is 0 Å². The molecule has 1 atom stereocenters. The number of rotatable bonds is 7. The first-order valence-electron chi connectivity index (χ1n) is 11.1. The van der Waals surface area contributed by atoms with Crippen molar-refractivity contribution in [3.8, 4) is 10.6 Å². The Morgan fingerprint density at radius 2 is 2.25 bits per heavy atom. The molecule has 1 aliphatic carbocycles. The smallest absolute Gasteiger partial charge is 0.252 e. The lowest BCUT2D eigenvalue weighted by atomic mass is 10.1. The maximum atomic E-state index is 12.7. The van der Waals surface area contributed by atoms with E-state index in [4.69, 9.17) is 16.6 Å². The molecule has 7 nitrogen and oxygen atoms in total. The van der Waals surface area contributed by atoms with Crippen molar-refractivity contribution >= 4 is 44.9 Å². The van der Waals surface area contributed by atoms with Gasteiger partial charge in [-0.15, -0.1) is 11.3 Å². The van der Waals surface area contributed by atoms with Crippen molar-refractivity contribution in [3.05, 3.63) is 41.0 Å². The molecule has 32 heavy (non-hydrogen) atoms. The Hall–Kier alpha value is -2.26. The second kappa shape index (κ2) is 9.31. The van der Waals surface area contributed by atoms with E-state index in [1.807, 2.05) is 24.3 Å². The fourth-order valence-corrected chi connectivity index (χ4v) is 5.36. The Labute approximate surface area is 196 Å². The second-order valence-corrected chi connectivity index (χ2v) is 9.97. The number of amides is 1. The number of nitrogens with one attached hydrogen (secondary N) is 3. The Bertz CT molecular complexity index is 1130. The van der Waals surface area contributed by atoms with E-state index in [9.17, 15) is 4.79 Å². The van der Waals surface area contributed by atoms with E-state index in [0.29, 0.717) is 34.3 Å². The molecule has 2 aromatic heterocycles. The van der Waals surface area contributed by atoms with Gasteiger partial charge < -0.3 is 16.0 Å². The minimum absolute atomic E-state index is 0.0132. The standard InChI is InChI=1S/C23H27ClN6OS/c1-14-12-25-7-9-30(14)10-8-26-23-27-13-18(24)21(29-23)20-11-17-16(3-2-4-19(17)32-20)22(31)28-15-5-6-15/h2-4,11,13-15,25H,5-10,12H2,1H3,(H,28,31)(H,26,27,29)/t14-/m1/s1. The minimum atomic E-state index is -0.0132. The van der Waals surface area contributed by atoms with Crippen LogP contribution in [0.25, 0.3) is 20.7 Å². The highest BCUT2D eigenvalue weighted by Crippen LogP contribution is 2.37. The van der Waals surface area contributed by atoms with Gasteiger partial charge in [0, 0.05) is 60.5 Å². The summed E-state index contributed by atoms with van der Waals surface area (Å²) in [6.07, 6.45) is 3.78. The fraction of sp³-hybridized carbons (Fsp3) is 0.435. The maximum absolute atomic E-state index is 12.7. The van der Waals surface area contributed by atoms with E-state index in [1.54, 1.807) is 17.5 Å². The van der Waals surface area contributed by atoms with Gasteiger partial charge in [-0.05, 0) is 38.0 Å². The van der Waals surface area contributed by atoms with E-state index in [0.717, 1.165) is 60.5 Å². The molecule has 3 heterocycles. The third kappa shape index (κ3) is 4.73. The summed E-state index contributed by atoms with van der Waals surface area (Å²) in [7, 11) is 0. The molecule has 0 spiro atoms. The molecule has 1 aliphatic heterocycles. The third-order valence-electron chi connectivity index (χ3n) is 6.02. The van der Waals surface area contributed by atoms with E-state index in [2.05, 4.69) is 32.8 Å². The SMILES string of the molecule is C[C@@H]1CNCCN1CCNc1ncc(Cl)c(-c2cc3c(C(=O)NC4CC4)cccc3s2)n1. The number of aromatic nitrogens is 2. The van der Waals surface area contributed by atoms with Crippen molar-refractivity contribution in [1.29, 1.82) is 0 Å². The molecule has 5 rings (SSSR count). The van der Waals surface area contributed by atoms with E-state index in [1.165, 1.54) is 0 Å². The molecule has 1 saturated heterocycles. The topological polar surface area (TPSA) is 82.2 Å². The normalized spacial score (nSPS) is 19.2. The molecular formula is C23H27ClN6OS. The van der Waals surface area contributed by atoms with Crippen molar-refractivity contribution in [1.82, 2.24) is 25.5 Å². The number of benzene rings is 1. The van der Waals surface area contributed by atoms with Crippen molar-refractivity contribution in [2.75, 3.05) is 38.0 Å². The van der Waals surface area contributed by atoms with Crippen LogP contribution in [-0.2, 0) is 0 Å². The van der Waals surface area contributed by atoms with Crippen LogP contribution in [0.1, 0.15) is 30.1 Å². The van der Waals surface area contributed by atoms with Gasteiger partial charge in [-0.2, -0.15) is 0 Å². The molecule has 1 amide bonds. The average Bonchev–Trinajstić information content (AvgIpc) is 3.50. The molecule has 1 saturated carbocycles. The lowest BCUT2D eigenvalue weighted by Crippen LogP contribution is -2.50. The zero-order chi connectivity index (χ0) is 22.1. The van der Waals surface area contributed by atoms with Gasteiger partial charge in [-0.3, -0.25) is 9.69 Å². The summed E-state index contributed by atoms with van der Waals surface area (Å²) in [4.78, 5) is 25.1. The van der Waals surface area contributed by atoms with Crippen LogP contribution in [0.5, 0.6) is 0 Å². The monoisotopic (exact) mass is 470 g/mol. The first-order chi connectivity index (χ1) is 15.6. The van der Waals surface area contributed by atoms with Gasteiger partial charge in [0.25, 0.3) is 5.91 Å². The number of carbonyl (C=O) groups excluding carboxylic acids is 1. The largest absolute Gasteiger partial charge is 0.353 e. The number of fused-ring (bicyclic) bond motifs is 1. The first kappa shape index (κ1) is 21.6. The van der Waals surface area contributed by atoms with Crippen molar-refractivity contribution in [2.45, 2.75) is 31.8 Å². The summed E-state index contributed by atoms with van der Waals surface area (Å²) in [5, 5.41) is 11.3. The molecule has 2 fully saturated rings. The zero-order valence-corrected chi connectivity index (χ0v) is 19.6. The number of piperazine rings is 1. The molecule has 2 aliphatic rings. The van der Waals surface area contributed by atoms with Crippen molar-refractivity contribution in [2.24, 2.45) is 0 Å². The number of hydrogen-bond donors (Lipinski definition) is 3. The first-order valence-corrected chi connectivity index (χ1v) is 12.3. The third-order valence-corrected chi connectivity index (χ3v) is 7.40. The number of thiophene rings is 1. The van der Waals surface area contributed by atoms with Crippen LogP contribution < -0.4 is 16.0 Å². The summed E-state index contributed by atoms with van der Waals surface area (Å²) in [6, 6.07) is 8.70. The quantitative estimate of drug-likeness (QED) is 0.489. The molecule has 3 aromatic rings. The molecular weight excluding hydrogens is 444 g/mol. The Balaban J connectivity index is 1.34. The van der Waals surface area contributed by atoms with E-state index < -0.39 is 0 Å². The lowest BCUT2D eigenvalue weighted by molar-refractivity contribution is 0.0953. The van der Waals surface area contributed by atoms with Gasteiger partial charge in [0.1, 0.15) is 5.69 Å². The molecule has 168 valence electrons. The molecule has 0 unspecified atom stereocenters. The van der Waals surface area contributed by atoms with Crippen LogP contribution in [-0.4, -0.2) is 65.6 Å². The van der Waals surface area contributed by atoms with Gasteiger partial charge in [0.15, 0.2) is 0 Å². The highest BCUT2D eigenvalue weighted by molar-refractivity contribution is 7.22. The van der Waals surface area contributed by atoms with Crippen LogP contribution >= 0.6 is 22.9 Å². The molecule has 1 aromatic carbocycles. The van der Waals surface area contributed by atoms with Crippen molar-refractivity contribution < 1.29 is 4.79 Å². The zero-order valence-electron chi connectivity index (χ0n) is 18.0. The minimum Gasteiger partial charge on any atom is -0.353 e. The summed E-state index contributed by atoms with van der Waals surface area (Å²) < 4.78 is 1.04. The molecule has 3 N–H and O–H groups in total. The summed E-state index contributed by atoms with van der Waals surface area (Å²) in [6.45, 7) is 7.04. The van der Waals surface area contributed by atoms with Crippen LogP contribution in [0.3, 0.4) is 0 Å². The molecule has 9 heteroatoms. The second-order valence-electron chi connectivity index (χ2n) is 8.48. The fourth-order valence-electron chi connectivity index (χ4n) is 4.02. The molecule has 0 radical (unpaired) electrons. The number of hydrogen-bond acceptors (Lipinski definition) is 7. The van der Waals surface area contributed by atoms with Gasteiger partial charge in [0.2, 0.25) is 5.95 Å². The average molecular weight is 471 g/mol. The van der Waals surface area contributed by atoms with Crippen molar-refractivity contribution in [3.63, 3.8) is 0 Å². The van der Waals surface area contributed by atoms with E-state index >= 15 is 0 Å². The lowest BCUT2D eigenvalue weighted by Gasteiger charge is -2.33. The van der Waals surface area contributed by atoms with Gasteiger partial charge >= 0.3 is 0 Å². The van der Waals surface area contributed by atoms with Crippen LogP contribution in [0.15, 0.2) is 30.5 Å². The summed E-state index contributed by atoms with van der Waals surface area (Å²) in [5.41, 5.74) is 1.39. The Morgan fingerprint density at radius 1 is 1.38 bits per heavy atom. The Morgan fingerprint density at radius 3 is 3.06 bits per heavy atom. The summed E-state index contributed by atoms with van der Waals surface area (Å²) in [5.74, 6) is 0.553. The maximum Gasteiger partial charge on any atom is 0.252 e. The predicted molar refractivity (Wildman–Crippen MR) is 131 cm³/mol. The van der Waals surface area contributed by atoms with Crippen LogP contribution in [0.2, 0.25) is 5.02 Å².